The van der Waals surface area contributed by atoms with Gasteiger partial charge in [0.25, 0.3) is 0 Å². The number of carbonyl (C=O) groups is 1. The number of hydrogen-bond acceptors (Lipinski definition) is 3. The SMILES string of the molecule is CC1(C)C=C2OC[C@H](c3ccc(C=O)cc3)OC2=CC1. The Balaban J connectivity index is 1.78. The van der Waals surface area contributed by atoms with Crippen molar-refractivity contribution < 1.29 is 14.3 Å². The average Bonchev–Trinajstić information content (AvgIpc) is 2.46. The van der Waals surface area contributed by atoms with Gasteiger partial charge in [-0.05, 0) is 29.6 Å². The lowest BCUT2D eigenvalue weighted by atomic mass is 9.85. The van der Waals surface area contributed by atoms with Crippen molar-refractivity contribution in [2.45, 2.75) is 26.4 Å². The fraction of sp³-hybridized carbons (Fsp3) is 0.353. The number of hydrogen-bond donors (Lipinski definition) is 0. The molecule has 1 saturated heterocycles. The van der Waals surface area contributed by atoms with Crippen LogP contribution in [0.1, 0.15) is 42.3 Å². The molecule has 0 unspecified atom stereocenters. The Kier molecular flexibility index (Phi) is 3.13. The Morgan fingerprint density at radius 1 is 1.20 bits per heavy atom. The van der Waals surface area contributed by atoms with Gasteiger partial charge in [0.15, 0.2) is 17.6 Å². The third-order valence-electron chi connectivity index (χ3n) is 3.68. The molecule has 0 N–H and O–H groups in total. The maximum absolute atomic E-state index is 10.7. The largest absolute Gasteiger partial charge is 0.486 e. The molecule has 1 heterocycles. The molecule has 20 heavy (non-hydrogen) atoms. The highest BCUT2D eigenvalue weighted by atomic mass is 16.6. The average molecular weight is 270 g/mol. The summed E-state index contributed by atoms with van der Waals surface area (Å²) in [5.74, 6) is 1.68. The second kappa shape index (κ2) is 4.82. The Morgan fingerprint density at radius 2 is 1.95 bits per heavy atom. The van der Waals surface area contributed by atoms with Crippen molar-refractivity contribution in [1.82, 2.24) is 0 Å². The molecule has 1 aliphatic heterocycles. The predicted octanol–water partition coefficient (Wildman–Crippen LogP) is 3.78. The Morgan fingerprint density at radius 3 is 2.65 bits per heavy atom. The van der Waals surface area contributed by atoms with Gasteiger partial charge in [0.2, 0.25) is 0 Å². The summed E-state index contributed by atoms with van der Waals surface area (Å²) < 4.78 is 11.9. The molecule has 3 heteroatoms. The van der Waals surface area contributed by atoms with E-state index >= 15 is 0 Å². The fourth-order valence-corrected chi connectivity index (χ4v) is 2.47. The first-order chi connectivity index (χ1) is 9.57. The van der Waals surface area contributed by atoms with E-state index in [0.29, 0.717) is 12.2 Å². The number of rotatable bonds is 2. The van der Waals surface area contributed by atoms with E-state index in [1.165, 1.54) is 0 Å². The fourth-order valence-electron chi connectivity index (χ4n) is 2.47. The van der Waals surface area contributed by atoms with E-state index < -0.39 is 0 Å². The minimum Gasteiger partial charge on any atom is -0.486 e. The highest BCUT2D eigenvalue weighted by Gasteiger charge is 2.30. The Bertz CT molecular complexity index is 579. The van der Waals surface area contributed by atoms with Gasteiger partial charge in [0, 0.05) is 5.56 Å². The second-order valence-electron chi connectivity index (χ2n) is 5.97. The van der Waals surface area contributed by atoms with E-state index in [9.17, 15) is 4.79 Å². The van der Waals surface area contributed by atoms with Crippen molar-refractivity contribution in [3.63, 3.8) is 0 Å². The molecule has 1 aromatic rings. The summed E-state index contributed by atoms with van der Waals surface area (Å²) in [4.78, 5) is 10.7. The number of fused-ring (bicyclic) bond motifs is 1. The summed E-state index contributed by atoms with van der Waals surface area (Å²) in [6.07, 6.45) is 5.91. The van der Waals surface area contributed by atoms with E-state index in [1.54, 1.807) is 12.1 Å². The number of carbonyl (C=O) groups excluding carboxylic acids is 1. The van der Waals surface area contributed by atoms with Gasteiger partial charge in [-0.3, -0.25) is 4.79 Å². The van der Waals surface area contributed by atoms with E-state index in [0.717, 1.165) is 29.8 Å². The lowest BCUT2D eigenvalue weighted by molar-refractivity contribution is -0.0126. The van der Waals surface area contributed by atoms with Gasteiger partial charge in [0.05, 0.1) is 0 Å². The van der Waals surface area contributed by atoms with Gasteiger partial charge in [-0.15, -0.1) is 0 Å². The van der Waals surface area contributed by atoms with Crippen LogP contribution in [0.5, 0.6) is 0 Å². The van der Waals surface area contributed by atoms with Crippen molar-refractivity contribution in [3.05, 3.63) is 59.1 Å². The van der Waals surface area contributed by atoms with Crippen molar-refractivity contribution in [1.29, 1.82) is 0 Å². The van der Waals surface area contributed by atoms with Crippen LogP contribution in [0.2, 0.25) is 0 Å². The summed E-state index contributed by atoms with van der Waals surface area (Å²) in [7, 11) is 0. The normalized spacial score (nSPS) is 23.6. The van der Waals surface area contributed by atoms with E-state index in [4.69, 9.17) is 9.47 Å². The first-order valence-corrected chi connectivity index (χ1v) is 6.85. The third-order valence-corrected chi connectivity index (χ3v) is 3.68. The molecule has 104 valence electrons. The van der Waals surface area contributed by atoms with Crippen LogP contribution in [0, 0.1) is 5.41 Å². The monoisotopic (exact) mass is 270 g/mol. The molecule has 0 saturated carbocycles. The van der Waals surface area contributed by atoms with Crippen molar-refractivity contribution in [2.24, 2.45) is 5.41 Å². The quantitative estimate of drug-likeness (QED) is 0.767. The van der Waals surface area contributed by atoms with E-state index in [-0.39, 0.29) is 11.5 Å². The molecule has 3 nitrogen and oxygen atoms in total. The summed E-state index contributed by atoms with van der Waals surface area (Å²) in [6, 6.07) is 7.43. The van der Waals surface area contributed by atoms with Crippen LogP contribution in [0.4, 0.5) is 0 Å². The molecule has 2 aliphatic rings. The van der Waals surface area contributed by atoms with Crippen LogP contribution < -0.4 is 0 Å². The minimum absolute atomic E-state index is 0.111. The standard InChI is InChI=1S/C17H18O3/c1-17(2)8-7-14-15(9-17)19-11-16(20-14)13-5-3-12(10-18)4-6-13/h3-7,9-10,16H,8,11H2,1-2H3/t16-/m1/s1. The van der Waals surface area contributed by atoms with Gasteiger partial charge < -0.3 is 9.47 Å². The molecule has 0 amide bonds. The van der Waals surface area contributed by atoms with Crippen LogP contribution in [0.15, 0.2) is 47.9 Å². The predicted molar refractivity (Wildman–Crippen MR) is 76.2 cm³/mol. The summed E-state index contributed by atoms with van der Waals surface area (Å²) in [5.41, 5.74) is 1.82. The molecule has 1 atom stereocenters. The molecule has 0 spiro atoms. The molecule has 0 radical (unpaired) electrons. The van der Waals surface area contributed by atoms with Gasteiger partial charge in [-0.25, -0.2) is 0 Å². The summed E-state index contributed by atoms with van der Waals surface area (Å²) >= 11 is 0. The molecule has 1 aromatic carbocycles. The van der Waals surface area contributed by atoms with Crippen molar-refractivity contribution in [3.8, 4) is 0 Å². The van der Waals surface area contributed by atoms with E-state index in [2.05, 4.69) is 26.0 Å². The molecular weight excluding hydrogens is 252 g/mol. The molecule has 1 aliphatic carbocycles. The first-order valence-electron chi connectivity index (χ1n) is 6.85. The van der Waals surface area contributed by atoms with Gasteiger partial charge in [-0.1, -0.05) is 38.1 Å². The molecular formula is C17H18O3. The maximum Gasteiger partial charge on any atom is 0.158 e. The van der Waals surface area contributed by atoms with Gasteiger partial charge >= 0.3 is 0 Å². The lowest BCUT2D eigenvalue weighted by Crippen LogP contribution is -2.24. The lowest BCUT2D eigenvalue weighted by Gasteiger charge is -2.34. The smallest absolute Gasteiger partial charge is 0.158 e. The highest BCUT2D eigenvalue weighted by molar-refractivity contribution is 5.74. The summed E-state index contributed by atoms with van der Waals surface area (Å²) in [6.45, 7) is 4.86. The Labute approximate surface area is 118 Å². The van der Waals surface area contributed by atoms with Crippen LogP contribution in [0.25, 0.3) is 0 Å². The molecule has 0 bridgehead atoms. The third kappa shape index (κ3) is 2.48. The van der Waals surface area contributed by atoms with Crippen LogP contribution in [-0.4, -0.2) is 12.9 Å². The molecule has 0 aromatic heterocycles. The number of ether oxygens (including phenoxy) is 2. The van der Waals surface area contributed by atoms with Gasteiger partial charge in [-0.2, -0.15) is 0 Å². The van der Waals surface area contributed by atoms with Crippen LogP contribution in [0.3, 0.4) is 0 Å². The second-order valence-corrected chi connectivity index (χ2v) is 5.97. The molecule has 1 fully saturated rings. The number of allylic oxidation sites excluding steroid dienone is 2. The van der Waals surface area contributed by atoms with Crippen LogP contribution in [-0.2, 0) is 9.47 Å². The zero-order valence-electron chi connectivity index (χ0n) is 11.8. The zero-order valence-corrected chi connectivity index (χ0v) is 11.8. The van der Waals surface area contributed by atoms with Crippen LogP contribution >= 0.6 is 0 Å². The number of aldehydes is 1. The zero-order chi connectivity index (χ0) is 14.2. The highest BCUT2D eigenvalue weighted by Crippen LogP contribution is 2.39. The summed E-state index contributed by atoms with van der Waals surface area (Å²) in [5, 5.41) is 0. The van der Waals surface area contributed by atoms with Gasteiger partial charge in [0.1, 0.15) is 12.9 Å². The Hall–Kier alpha value is -2.03. The topological polar surface area (TPSA) is 35.5 Å². The maximum atomic E-state index is 10.7. The molecule has 3 rings (SSSR count). The van der Waals surface area contributed by atoms with E-state index in [1.807, 2.05) is 12.1 Å². The minimum atomic E-state index is -0.111. The van der Waals surface area contributed by atoms with Crippen molar-refractivity contribution in [2.75, 3.05) is 6.61 Å². The number of benzene rings is 1. The van der Waals surface area contributed by atoms with Crippen molar-refractivity contribution >= 4 is 6.29 Å². The first kappa shape index (κ1) is 13.0.